The van der Waals surface area contributed by atoms with Gasteiger partial charge in [0.05, 0.1) is 6.10 Å². The van der Waals surface area contributed by atoms with Gasteiger partial charge in [-0.15, -0.1) is 0 Å². The molecule has 2 rings (SSSR count). The van der Waals surface area contributed by atoms with E-state index in [1.54, 1.807) is 25.7 Å². The Morgan fingerprint density at radius 1 is 0.272 bits per heavy atom. The molecular weight excluding hydrogens is 985 g/mol. The molecule has 3 nitrogen and oxygen atoms in total. The number of aliphatic carboxylic acids is 1. The van der Waals surface area contributed by atoms with Crippen LogP contribution in [-0.4, -0.2) is 17.2 Å². The molecule has 0 radical (unpaired) electrons. The molecule has 2 saturated carbocycles. The van der Waals surface area contributed by atoms with Crippen molar-refractivity contribution in [3.8, 4) is 0 Å². The second-order valence-electron chi connectivity index (χ2n) is 28.6. The maximum absolute atomic E-state index is 11.8. The summed E-state index contributed by atoms with van der Waals surface area (Å²) in [4.78, 5) is 11.8. The normalized spacial score (nSPS) is 17.6. The topological polar surface area (TPSA) is 60.4 Å². The summed E-state index contributed by atoms with van der Waals surface area (Å²) in [5.74, 6) is 2.68. The molecule has 0 aromatic carbocycles. The summed E-state index contributed by atoms with van der Waals surface area (Å²) in [6, 6.07) is 0. The summed E-state index contributed by atoms with van der Waals surface area (Å²) >= 11 is 0. The molecule has 482 valence electrons. The number of hydrogen-bond donors (Lipinski definition) is 1. The molecule has 81 heavy (non-hydrogen) atoms. The van der Waals surface area contributed by atoms with Crippen molar-refractivity contribution in [1.29, 1.82) is 0 Å². The Morgan fingerprint density at radius 3 is 0.617 bits per heavy atom. The quantitative estimate of drug-likeness (QED) is 0.0618. The van der Waals surface area contributed by atoms with Crippen LogP contribution in [0.25, 0.3) is 0 Å². The Balaban J connectivity index is 1.19. The molecule has 0 saturated heterocycles. The van der Waals surface area contributed by atoms with Crippen LogP contribution in [0.4, 0.5) is 0 Å². The molecule has 0 spiro atoms. The van der Waals surface area contributed by atoms with Gasteiger partial charge in [0, 0.05) is 11.9 Å². The highest BCUT2D eigenvalue weighted by Gasteiger charge is 2.36. The number of carbonyl (C=O) groups excluding carboxylic acids is 1. The smallest absolute Gasteiger partial charge is 0.0620 e. The van der Waals surface area contributed by atoms with E-state index in [0.29, 0.717) is 12.8 Å². The van der Waals surface area contributed by atoms with Gasteiger partial charge in [-0.3, -0.25) is 0 Å². The summed E-state index contributed by atoms with van der Waals surface area (Å²) in [5.41, 5.74) is 0. The zero-order chi connectivity index (χ0) is 57.8. The van der Waals surface area contributed by atoms with Crippen molar-refractivity contribution in [1.82, 2.24) is 0 Å². The summed E-state index contributed by atoms with van der Waals surface area (Å²) in [5, 5.41) is 22.5. The third kappa shape index (κ3) is 53.4. The number of rotatable bonds is 71. The van der Waals surface area contributed by atoms with Crippen molar-refractivity contribution in [3.05, 3.63) is 0 Å². The molecule has 0 bridgehead atoms. The number of hydrogen-bond acceptors (Lipinski definition) is 3. The fraction of sp³-hybridized carbons (Fsp3) is 0.987. The molecule has 0 amide bonds. The van der Waals surface area contributed by atoms with E-state index in [4.69, 9.17) is 0 Å². The molecule has 2 aliphatic carbocycles. The number of carboxylic acids is 1. The highest BCUT2D eigenvalue weighted by molar-refractivity contribution is 5.68. The lowest BCUT2D eigenvalue weighted by molar-refractivity contribution is -0.314. The largest absolute Gasteiger partial charge is 0.550 e. The molecule has 1 N–H and O–H groups in total. The SMILES string of the molecule is CCCCCCCCCCCCCCCCCCCCCCCC[C@@H](C(=O)[O-])[C@H](O)CCCCCCCCCCCCCCCCCC1CC1CCCCCCCCCCC1CC1CCCCCCCCCCCCCCCCCC. The fourth-order valence-corrected chi connectivity index (χ4v) is 14.6. The Bertz CT molecular complexity index is 1230. The van der Waals surface area contributed by atoms with Crippen molar-refractivity contribution in [2.45, 2.75) is 463 Å². The second-order valence-corrected chi connectivity index (χ2v) is 28.6. The molecule has 4 unspecified atom stereocenters. The van der Waals surface area contributed by atoms with Gasteiger partial charge in [0.1, 0.15) is 0 Å². The van der Waals surface area contributed by atoms with Gasteiger partial charge in [0.15, 0.2) is 0 Å². The number of aliphatic hydroxyl groups excluding tert-OH is 1. The first-order valence-electron chi connectivity index (χ1n) is 39.0. The van der Waals surface area contributed by atoms with Crippen LogP contribution in [0.5, 0.6) is 0 Å². The van der Waals surface area contributed by atoms with Gasteiger partial charge in [-0.1, -0.05) is 431 Å². The maximum Gasteiger partial charge on any atom is 0.0620 e. The molecule has 3 heteroatoms. The van der Waals surface area contributed by atoms with Crippen LogP contribution in [0.15, 0.2) is 0 Å². The number of carbonyl (C=O) groups is 1. The number of carboxylic acid groups (broad SMARTS) is 1. The van der Waals surface area contributed by atoms with E-state index in [2.05, 4.69) is 13.8 Å². The first-order valence-corrected chi connectivity index (χ1v) is 39.0. The first-order chi connectivity index (χ1) is 40.1. The highest BCUT2D eigenvalue weighted by atomic mass is 16.4. The average molecular weight is 1140 g/mol. The first kappa shape index (κ1) is 76.5. The standard InChI is InChI=1S/C78H152O3/c1-3-5-7-9-11-13-15-17-19-21-22-23-24-25-26-30-34-38-42-50-56-62-68-76(78(80)81)77(79)69-63-57-51-43-39-35-31-27-29-33-37-41-47-53-59-65-73-71-75(73)67-61-55-49-45-44-48-54-60-66-74-70-72(74)64-58-52-46-40-36-32-28-20-18-16-14-12-10-8-6-4-2/h72-77,79H,3-71H2,1-2H3,(H,80,81)/p-1/t72?,73?,74?,75?,76-,77-/m1/s1. The van der Waals surface area contributed by atoms with E-state index in [1.165, 1.54) is 379 Å². The molecule has 0 aliphatic heterocycles. The second kappa shape index (κ2) is 61.1. The van der Waals surface area contributed by atoms with E-state index in [1.807, 2.05) is 0 Å². The summed E-state index contributed by atoms with van der Waals surface area (Å²) in [7, 11) is 0. The molecule has 6 atom stereocenters. The predicted octanol–water partition coefficient (Wildman–Crippen LogP) is 26.2. The Kier molecular flexibility index (Phi) is 57.7. The zero-order valence-corrected chi connectivity index (χ0v) is 56.0. The van der Waals surface area contributed by atoms with Crippen LogP contribution in [-0.2, 0) is 4.79 Å². The minimum absolute atomic E-state index is 0.573. The molecule has 0 heterocycles. The van der Waals surface area contributed by atoms with E-state index < -0.39 is 18.0 Å². The molecule has 0 aromatic heterocycles. The lowest BCUT2D eigenvalue weighted by Gasteiger charge is -2.24. The fourth-order valence-electron chi connectivity index (χ4n) is 14.6. The molecule has 2 aliphatic rings. The Labute approximate surface area is 511 Å². The predicted molar refractivity (Wildman–Crippen MR) is 358 cm³/mol. The van der Waals surface area contributed by atoms with E-state index in [-0.39, 0.29) is 0 Å². The Hall–Kier alpha value is -0.570. The minimum Gasteiger partial charge on any atom is -0.550 e. The lowest BCUT2D eigenvalue weighted by atomic mass is 9.91. The summed E-state index contributed by atoms with van der Waals surface area (Å²) in [6.07, 6.45) is 95.5. The van der Waals surface area contributed by atoms with Crippen molar-refractivity contribution in [3.63, 3.8) is 0 Å². The summed E-state index contributed by atoms with van der Waals surface area (Å²) < 4.78 is 0. The van der Waals surface area contributed by atoms with E-state index in [9.17, 15) is 15.0 Å². The zero-order valence-electron chi connectivity index (χ0n) is 56.0. The van der Waals surface area contributed by atoms with Gasteiger partial charge in [-0.2, -0.15) is 0 Å². The third-order valence-electron chi connectivity index (χ3n) is 20.7. The van der Waals surface area contributed by atoms with Crippen LogP contribution in [0.1, 0.15) is 457 Å². The van der Waals surface area contributed by atoms with Gasteiger partial charge >= 0.3 is 0 Å². The monoisotopic (exact) mass is 1140 g/mol. The van der Waals surface area contributed by atoms with E-state index in [0.717, 1.165) is 49.4 Å². The van der Waals surface area contributed by atoms with Gasteiger partial charge in [-0.25, -0.2) is 0 Å². The van der Waals surface area contributed by atoms with Crippen molar-refractivity contribution in [2.24, 2.45) is 29.6 Å². The molecule has 2 fully saturated rings. The van der Waals surface area contributed by atoms with Crippen LogP contribution < -0.4 is 5.11 Å². The lowest BCUT2D eigenvalue weighted by Crippen LogP contribution is -2.38. The molecule has 0 aromatic rings. The van der Waals surface area contributed by atoms with Gasteiger partial charge in [0.2, 0.25) is 0 Å². The van der Waals surface area contributed by atoms with Crippen LogP contribution in [0, 0.1) is 29.6 Å². The van der Waals surface area contributed by atoms with Crippen molar-refractivity contribution < 1.29 is 15.0 Å². The van der Waals surface area contributed by atoms with Crippen molar-refractivity contribution >= 4 is 5.97 Å². The average Bonchev–Trinajstić information content (AvgIpc) is 4.43. The van der Waals surface area contributed by atoms with Crippen LogP contribution >= 0.6 is 0 Å². The minimum atomic E-state index is -1.05. The molecular formula is C78H151O3-. The number of unbranched alkanes of at least 4 members (excludes halogenated alkanes) is 57. The van der Waals surface area contributed by atoms with Crippen LogP contribution in [0.2, 0.25) is 0 Å². The van der Waals surface area contributed by atoms with Crippen molar-refractivity contribution in [2.75, 3.05) is 0 Å². The van der Waals surface area contributed by atoms with E-state index >= 15 is 0 Å². The Morgan fingerprint density at radius 2 is 0.432 bits per heavy atom. The maximum atomic E-state index is 11.8. The van der Waals surface area contributed by atoms with Crippen LogP contribution in [0.3, 0.4) is 0 Å². The summed E-state index contributed by atoms with van der Waals surface area (Å²) in [6.45, 7) is 4.61. The van der Waals surface area contributed by atoms with Gasteiger partial charge in [0.25, 0.3) is 0 Å². The number of aliphatic hydroxyl groups is 1. The highest BCUT2D eigenvalue weighted by Crippen LogP contribution is 2.47. The third-order valence-corrected chi connectivity index (χ3v) is 20.7. The van der Waals surface area contributed by atoms with Gasteiger partial charge < -0.3 is 15.0 Å². The van der Waals surface area contributed by atoms with Gasteiger partial charge in [-0.05, 0) is 49.4 Å².